The normalized spacial score (nSPS) is 16.5. The second-order valence-electron chi connectivity index (χ2n) is 6.56. The summed E-state index contributed by atoms with van der Waals surface area (Å²) in [5.41, 5.74) is 0.00526. The summed E-state index contributed by atoms with van der Waals surface area (Å²) in [6.07, 6.45) is 1.79. The minimum atomic E-state index is -0.678. The van der Waals surface area contributed by atoms with Gasteiger partial charge in [-0.1, -0.05) is 25.1 Å². The topological polar surface area (TPSA) is 85.5 Å². The molecule has 1 aliphatic rings. The van der Waals surface area contributed by atoms with Crippen LogP contribution in [-0.2, 0) is 6.42 Å². The number of halogens is 1. The first-order chi connectivity index (χ1) is 13.6. The van der Waals surface area contributed by atoms with Crippen LogP contribution in [0, 0.1) is 5.82 Å². The molecule has 2 aromatic heterocycles. The van der Waals surface area contributed by atoms with Crippen molar-refractivity contribution in [1.29, 1.82) is 0 Å². The number of carbonyl (C=O) groups excluding carboxylic acids is 1. The van der Waals surface area contributed by atoms with Crippen molar-refractivity contribution in [2.75, 3.05) is 13.1 Å². The average Bonchev–Trinajstić information content (AvgIpc) is 3.17. The molecule has 1 saturated heterocycles. The van der Waals surface area contributed by atoms with Crippen molar-refractivity contribution in [2.45, 2.75) is 25.9 Å². The maximum absolute atomic E-state index is 14.3. The zero-order chi connectivity index (χ0) is 19.7. The van der Waals surface area contributed by atoms with Gasteiger partial charge in [0.25, 0.3) is 11.8 Å². The average molecular weight is 383 g/mol. The van der Waals surface area contributed by atoms with Gasteiger partial charge in [-0.05, 0) is 18.6 Å². The number of fused-ring (bicyclic) bond motifs is 1. The van der Waals surface area contributed by atoms with Gasteiger partial charge in [-0.2, -0.15) is 9.37 Å². The molecule has 0 aliphatic carbocycles. The molecule has 0 radical (unpaired) electrons. The maximum atomic E-state index is 14.3. The molecular weight excluding hydrogens is 365 g/mol. The highest BCUT2D eigenvalue weighted by molar-refractivity contribution is 5.96. The van der Waals surface area contributed by atoms with Crippen LogP contribution < -0.4 is 10.4 Å². The summed E-state index contributed by atoms with van der Waals surface area (Å²) in [6.45, 7) is 2.42. The number of ether oxygens (including phenoxy) is 1. The fourth-order valence-corrected chi connectivity index (χ4v) is 3.26. The van der Waals surface area contributed by atoms with Crippen LogP contribution in [0.25, 0.3) is 11.0 Å². The number of benzene rings is 1. The highest BCUT2D eigenvalue weighted by Gasteiger charge is 2.31. The maximum Gasteiger partial charge on any atom is 0.349 e. The van der Waals surface area contributed by atoms with E-state index in [-0.39, 0.29) is 23.7 Å². The molecule has 0 bridgehead atoms. The lowest BCUT2D eigenvalue weighted by Gasteiger charge is -2.17. The van der Waals surface area contributed by atoms with Gasteiger partial charge < -0.3 is 14.1 Å². The molecule has 3 aromatic rings. The molecule has 0 saturated carbocycles. The number of para-hydroxylation sites is 1. The predicted octanol–water partition coefficient (Wildman–Crippen LogP) is 2.58. The Morgan fingerprint density at radius 3 is 3.00 bits per heavy atom. The summed E-state index contributed by atoms with van der Waals surface area (Å²) in [7, 11) is 0. The summed E-state index contributed by atoms with van der Waals surface area (Å²) in [5.74, 6) is -1.12. The van der Waals surface area contributed by atoms with Gasteiger partial charge in [0, 0.05) is 18.4 Å². The molecule has 1 aromatic carbocycles. The third-order valence-corrected chi connectivity index (χ3v) is 4.75. The van der Waals surface area contributed by atoms with E-state index in [1.807, 2.05) is 0 Å². The first-order valence-corrected chi connectivity index (χ1v) is 9.05. The summed E-state index contributed by atoms with van der Waals surface area (Å²) in [4.78, 5) is 34.2. The number of carbonyl (C=O) groups is 1. The molecule has 1 fully saturated rings. The summed E-state index contributed by atoms with van der Waals surface area (Å²) in [5, 5.41) is 0.674. The molecule has 3 heterocycles. The Hall–Kier alpha value is -3.29. The Morgan fingerprint density at radius 1 is 1.36 bits per heavy atom. The Bertz CT molecular complexity index is 1100. The van der Waals surface area contributed by atoms with Gasteiger partial charge >= 0.3 is 5.63 Å². The number of amides is 1. The fraction of sp³-hybridized carbons (Fsp3) is 0.300. The van der Waals surface area contributed by atoms with E-state index >= 15 is 0 Å². The van der Waals surface area contributed by atoms with Crippen molar-refractivity contribution < 1.29 is 18.3 Å². The SMILES string of the molecule is CCc1ncnc(O[C@H]2CCN(C(=O)c3cc4ccccc4oc3=O)C2)c1F. The van der Waals surface area contributed by atoms with Crippen LogP contribution >= 0.6 is 0 Å². The van der Waals surface area contributed by atoms with Crippen LogP contribution in [-0.4, -0.2) is 40.0 Å². The first-order valence-electron chi connectivity index (χ1n) is 9.05. The molecule has 1 amide bonds. The zero-order valence-electron chi connectivity index (χ0n) is 15.2. The van der Waals surface area contributed by atoms with Crippen molar-refractivity contribution in [2.24, 2.45) is 0 Å². The zero-order valence-corrected chi connectivity index (χ0v) is 15.2. The van der Waals surface area contributed by atoms with Crippen LogP contribution in [0.1, 0.15) is 29.4 Å². The largest absolute Gasteiger partial charge is 0.470 e. The lowest BCUT2D eigenvalue weighted by molar-refractivity contribution is 0.0766. The lowest BCUT2D eigenvalue weighted by atomic mass is 10.1. The number of nitrogens with zero attached hydrogens (tertiary/aromatic N) is 3. The van der Waals surface area contributed by atoms with Gasteiger partial charge in [0.05, 0.1) is 12.2 Å². The molecule has 1 aliphatic heterocycles. The standard InChI is InChI=1S/C20H18FN3O4/c1-2-15-17(21)18(23-11-22-15)27-13-7-8-24(10-13)19(25)14-9-12-5-3-4-6-16(12)28-20(14)26/h3-6,9,11,13H,2,7-8,10H2,1H3/t13-/m0/s1. The Kier molecular flexibility index (Phi) is 4.77. The highest BCUT2D eigenvalue weighted by atomic mass is 19.1. The fourth-order valence-electron chi connectivity index (χ4n) is 3.26. The van der Waals surface area contributed by atoms with Crippen LogP contribution in [0.4, 0.5) is 4.39 Å². The summed E-state index contributed by atoms with van der Waals surface area (Å²) >= 11 is 0. The molecule has 8 heteroatoms. The highest BCUT2D eigenvalue weighted by Crippen LogP contribution is 2.22. The second kappa shape index (κ2) is 7.38. The lowest BCUT2D eigenvalue weighted by Crippen LogP contribution is -2.34. The van der Waals surface area contributed by atoms with E-state index in [0.717, 1.165) is 0 Å². The minimum absolute atomic E-state index is 0.0270. The number of hydrogen-bond acceptors (Lipinski definition) is 6. The molecule has 7 nitrogen and oxygen atoms in total. The number of aryl methyl sites for hydroxylation is 1. The van der Waals surface area contributed by atoms with Crippen LogP contribution in [0.5, 0.6) is 5.88 Å². The van der Waals surface area contributed by atoms with Gasteiger partial charge in [0.15, 0.2) is 0 Å². The Balaban J connectivity index is 1.51. The van der Waals surface area contributed by atoms with Crippen molar-refractivity contribution >= 4 is 16.9 Å². The summed E-state index contributed by atoms with van der Waals surface area (Å²) in [6, 6.07) is 8.54. The molecule has 0 N–H and O–H groups in total. The number of hydrogen-bond donors (Lipinski definition) is 0. The number of rotatable bonds is 4. The molecule has 4 rings (SSSR count). The third kappa shape index (κ3) is 3.33. The monoisotopic (exact) mass is 383 g/mol. The van der Waals surface area contributed by atoms with E-state index in [4.69, 9.17) is 9.15 Å². The van der Waals surface area contributed by atoms with E-state index < -0.39 is 23.5 Å². The van der Waals surface area contributed by atoms with Crippen molar-refractivity contribution in [1.82, 2.24) is 14.9 Å². The quantitative estimate of drug-likeness (QED) is 0.644. The predicted molar refractivity (Wildman–Crippen MR) is 98.8 cm³/mol. The second-order valence-corrected chi connectivity index (χ2v) is 6.56. The number of aromatic nitrogens is 2. The Morgan fingerprint density at radius 2 is 2.18 bits per heavy atom. The molecule has 0 unspecified atom stereocenters. The van der Waals surface area contributed by atoms with Crippen LogP contribution in [0.3, 0.4) is 0 Å². The van der Waals surface area contributed by atoms with E-state index in [1.165, 1.54) is 17.3 Å². The molecular formula is C20H18FN3O4. The van der Waals surface area contributed by atoms with Gasteiger partial charge in [0.2, 0.25) is 5.82 Å². The molecule has 144 valence electrons. The third-order valence-electron chi connectivity index (χ3n) is 4.75. The van der Waals surface area contributed by atoms with Crippen molar-refractivity contribution in [3.05, 3.63) is 64.2 Å². The van der Waals surface area contributed by atoms with Crippen molar-refractivity contribution in [3.8, 4) is 5.88 Å². The molecule has 28 heavy (non-hydrogen) atoms. The number of likely N-dealkylation sites (tertiary alicyclic amines) is 1. The van der Waals surface area contributed by atoms with Crippen molar-refractivity contribution in [3.63, 3.8) is 0 Å². The van der Waals surface area contributed by atoms with Gasteiger partial charge in [-0.25, -0.2) is 9.78 Å². The van der Waals surface area contributed by atoms with Gasteiger partial charge in [0.1, 0.15) is 23.6 Å². The Labute approximate surface area is 159 Å². The molecule has 0 spiro atoms. The minimum Gasteiger partial charge on any atom is -0.470 e. The van der Waals surface area contributed by atoms with E-state index in [0.29, 0.717) is 30.4 Å². The van der Waals surface area contributed by atoms with Gasteiger partial charge in [-0.15, -0.1) is 0 Å². The van der Waals surface area contributed by atoms with Crippen LogP contribution in [0.15, 0.2) is 45.9 Å². The van der Waals surface area contributed by atoms with Gasteiger partial charge in [-0.3, -0.25) is 4.79 Å². The van der Waals surface area contributed by atoms with E-state index in [2.05, 4.69) is 9.97 Å². The smallest absolute Gasteiger partial charge is 0.349 e. The molecule has 1 atom stereocenters. The first kappa shape index (κ1) is 18.1. The van der Waals surface area contributed by atoms with Crippen LogP contribution in [0.2, 0.25) is 0 Å². The van der Waals surface area contributed by atoms with E-state index in [1.54, 1.807) is 31.2 Å². The van der Waals surface area contributed by atoms with E-state index in [9.17, 15) is 14.0 Å². The summed E-state index contributed by atoms with van der Waals surface area (Å²) < 4.78 is 25.1.